The maximum atomic E-state index is 13.4. The van der Waals surface area contributed by atoms with Gasteiger partial charge in [0.05, 0.1) is 18.4 Å². The Bertz CT molecular complexity index is 670. The third-order valence-corrected chi connectivity index (χ3v) is 2.82. The Morgan fingerprint density at radius 3 is 2.73 bits per heavy atom. The van der Waals surface area contributed by atoms with Crippen molar-refractivity contribution in [1.82, 2.24) is 5.32 Å². The largest absolute Gasteiger partial charge is 0.467 e. The first-order valence-electron chi connectivity index (χ1n) is 6.43. The van der Waals surface area contributed by atoms with Crippen molar-refractivity contribution in [3.63, 3.8) is 0 Å². The SMILES string of the molecule is C[C@H](OC(=O)c1ccc(F)cc1F)C(=O)NCc1ccco1. The minimum absolute atomic E-state index is 0.138. The highest BCUT2D eigenvalue weighted by atomic mass is 19.1. The smallest absolute Gasteiger partial charge is 0.341 e. The van der Waals surface area contributed by atoms with Crippen molar-refractivity contribution < 1.29 is 27.5 Å². The Hall–Kier alpha value is -2.70. The van der Waals surface area contributed by atoms with Gasteiger partial charge in [-0.05, 0) is 31.2 Å². The monoisotopic (exact) mass is 309 g/mol. The van der Waals surface area contributed by atoms with E-state index in [1.54, 1.807) is 12.1 Å². The van der Waals surface area contributed by atoms with Crippen molar-refractivity contribution >= 4 is 11.9 Å². The molecule has 7 heteroatoms. The third kappa shape index (κ3) is 3.91. The molecule has 1 aromatic heterocycles. The summed E-state index contributed by atoms with van der Waals surface area (Å²) in [4.78, 5) is 23.5. The second kappa shape index (κ2) is 6.84. The number of esters is 1. The number of ether oxygens (including phenoxy) is 1. The Kier molecular flexibility index (Phi) is 4.88. The number of carbonyl (C=O) groups is 2. The van der Waals surface area contributed by atoms with Crippen molar-refractivity contribution in [2.75, 3.05) is 0 Å². The topological polar surface area (TPSA) is 68.5 Å². The molecular formula is C15H13F2NO4. The normalized spacial score (nSPS) is 11.8. The summed E-state index contributed by atoms with van der Waals surface area (Å²) in [5.74, 6) is -2.92. The van der Waals surface area contributed by atoms with Gasteiger partial charge < -0.3 is 14.5 Å². The van der Waals surface area contributed by atoms with E-state index in [0.717, 1.165) is 12.1 Å². The number of nitrogens with one attached hydrogen (secondary N) is 1. The van der Waals surface area contributed by atoms with Crippen LogP contribution in [0.25, 0.3) is 0 Å². The molecule has 0 fully saturated rings. The number of halogens is 2. The van der Waals surface area contributed by atoms with E-state index in [4.69, 9.17) is 9.15 Å². The van der Waals surface area contributed by atoms with Crippen LogP contribution in [0.5, 0.6) is 0 Å². The fourth-order valence-corrected chi connectivity index (χ4v) is 1.66. The molecule has 5 nitrogen and oxygen atoms in total. The summed E-state index contributed by atoms with van der Waals surface area (Å²) in [5.41, 5.74) is -0.438. The molecule has 1 amide bonds. The van der Waals surface area contributed by atoms with Crippen LogP contribution in [-0.2, 0) is 16.1 Å². The summed E-state index contributed by atoms with van der Waals surface area (Å²) in [5, 5.41) is 2.50. The second-order valence-electron chi connectivity index (χ2n) is 4.47. The van der Waals surface area contributed by atoms with Gasteiger partial charge >= 0.3 is 5.97 Å². The van der Waals surface area contributed by atoms with Gasteiger partial charge in [-0.25, -0.2) is 13.6 Å². The maximum absolute atomic E-state index is 13.4. The van der Waals surface area contributed by atoms with Gasteiger partial charge in [-0.15, -0.1) is 0 Å². The molecule has 1 aromatic carbocycles. The van der Waals surface area contributed by atoms with E-state index in [-0.39, 0.29) is 6.54 Å². The van der Waals surface area contributed by atoms with Gasteiger partial charge in [-0.2, -0.15) is 0 Å². The van der Waals surface area contributed by atoms with Crippen molar-refractivity contribution in [1.29, 1.82) is 0 Å². The molecule has 0 aliphatic rings. The Balaban J connectivity index is 1.91. The average molecular weight is 309 g/mol. The number of hydrogen-bond acceptors (Lipinski definition) is 4. The molecule has 0 saturated heterocycles. The van der Waals surface area contributed by atoms with Gasteiger partial charge in [0.2, 0.25) is 0 Å². The molecule has 0 aliphatic carbocycles. The lowest BCUT2D eigenvalue weighted by molar-refractivity contribution is -0.129. The van der Waals surface area contributed by atoms with Crippen LogP contribution in [0.1, 0.15) is 23.0 Å². The summed E-state index contributed by atoms with van der Waals surface area (Å²) in [6.45, 7) is 1.48. The molecule has 0 unspecified atom stereocenters. The highest BCUT2D eigenvalue weighted by molar-refractivity contribution is 5.92. The molecule has 0 spiro atoms. The predicted octanol–water partition coefficient (Wildman–Crippen LogP) is 2.42. The van der Waals surface area contributed by atoms with Crippen molar-refractivity contribution in [3.8, 4) is 0 Å². The van der Waals surface area contributed by atoms with Gasteiger partial charge in [0.15, 0.2) is 6.10 Å². The number of benzene rings is 1. The quantitative estimate of drug-likeness (QED) is 0.861. The molecule has 22 heavy (non-hydrogen) atoms. The third-order valence-electron chi connectivity index (χ3n) is 2.82. The van der Waals surface area contributed by atoms with Gasteiger partial charge in [0, 0.05) is 6.07 Å². The van der Waals surface area contributed by atoms with Gasteiger partial charge in [-0.1, -0.05) is 0 Å². The van der Waals surface area contributed by atoms with Gasteiger partial charge in [0.25, 0.3) is 5.91 Å². The summed E-state index contributed by atoms with van der Waals surface area (Å²) >= 11 is 0. The number of amides is 1. The fourth-order valence-electron chi connectivity index (χ4n) is 1.66. The summed E-state index contributed by atoms with van der Waals surface area (Å²) in [6, 6.07) is 5.80. The van der Waals surface area contributed by atoms with Crippen LogP contribution < -0.4 is 5.32 Å². The van der Waals surface area contributed by atoms with Crippen LogP contribution in [-0.4, -0.2) is 18.0 Å². The molecule has 2 aromatic rings. The molecule has 0 saturated carbocycles. The number of carbonyl (C=O) groups excluding carboxylic acids is 2. The van der Waals surface area contributed by atoms with E-state index >= 15 is 0 Å². The lowest BCUT2D eigenvalue weighted by atomic mass is 10.2. The van der Waals surface area contributed by atoms with Crippen LogP contribution in [0.4, 0.5) is 8.78 Å². The summed E-state index contributed by atoms with van der Waals surface area (Å²) < 4.78 is 36.1. The zero-order chi connectivity index (χ0) is 16.1. The Morgan fingerprint density at radius 1 is 1.32 bits per heavy atom. The lowest BCUT2D eigenvalue weighted by Crippen LogP contribution is -2.35. The van der Waals surface area contributed by atoms with Crippen LogP contribution in [0.3, 0.4) is 0 Å². The Labute approximate surface area is 124 Å². The number of rotatable bonds is 5. The van der Waals surface area contributed by atoms with E-state index in [1.807, 2.05) is 0 Å². The highest BCUT2D eigenvalue weighted by Gasteiger charge is 2.21. The first-order chi connectivity index (χ1) is 10.5. The first-order valence-corrected chi connectivity index (χ1v) is 6.43. The molecule has 1 atom stereocenters. The van der Waals surface area contributed by atoms with Gasteiger partial charge in [0.1, 0.15) is 17.4 Å². The second-order valence-corrected chi connectivity index (χ2v) is 4.47. The zero-order valence-electron chi connectivity index (χ0n) is 11.6. The zero-order valence-corrected chi connectivity index (χ0v) is 11.6. The molecule has 0 aliphatic heterocycles. The average Bonchev–Trinajstić information content (AvgIpc) is 2.97. The van der Waals surface area contributed by atoms with E-state index in [0.29, 0.717) is 11.8 Å². The molecular weight excluding hydrogens is 296 g/mol. The van der Waals surface area contributed by atoms with E-state index in [1.165, 1.54) is 13.2 Å². The van der Waals surface area contributed by atoms with Crippen LogP contribution in [0.2, 0.25) is 0 Å². The van der Waals surface area contributed by atoms with Crippen molar-refractivity contribution in [2.45, 2.75) is 19.6 Å². The minimum Gasteiger partial charge on any atom is -0.467 e. The predicted molar refractivity (Wildman–Crippen MR) is 71.8 cm³/mol. The van der Waals surface area contributed by atoms with Crippen LogP contribution >= 0.6 is 0 Å². The fraction of sp³-hybridized carbons (Fsp3) is 0.200. The molecule has 1 heterocycles. The molecule has 116 valence electrons. The molecule has 1 N–H and O–H groups in total. The van der Waals surface area contributed by atoms with Crippen LogP contribution in [0, 0.1) is 11.6 Å². The lowest BCUT2D eigenvalue weighted by Gasteiger charge is -2.13. The highest BCUT2D eigenvalue weighted by Crippen LogP contribution is 2.12. The number of hydrogen-bond donors (Lipinski definition) is 1. The first kappa shape index (κ1) is 15.7. The molecule has 0 bridgehead atoms. The van der Waals surface area contributed by atoms with E-state index in [2.05, 4.69) is 5.32 Å². The minimum atomic E-state index is -1.13. The van der Waals surface area contributed by atoms with Crippen molar-refractivity contribution in [2.24, 2.45) is 0 Å². The van der Waals surface area contributed by atoms with E-state index < -0.39 is 35.2 Å². The maximum Gasteiger partial charge on any atom is 0.341 e. The van der Waals surface area contributed by atoms with Crippen molar-refractivity contribution in [3.05, 3.63) is 59.6 Å². The number of furan rings is 1. The standard InChI is InChI=1S/C15H13F2NO4/c1-9(14(19)18-8-11-3-2-6-21-11)22-15(20)12-5-4-10(16)7-13(12)17/h2-7,9H,8H2,1H3,(H,18,19)/t9-/m0/s1. The molecule has 0 radical (unpaired) electrons. The summed E-state index contributed by atoms with van der Waals surface area (Å²) in [7, 11) is 0. The summed E-state index contributed by atoms with van der Waals surface area (Å²) in [6.07, 6.45) is 0.328. The molecule has 2 rings (SSSR count). The Morgan fingerprint density at radius 2 is 2.09 bits per heavy atom. The van der Waals surface area contributed by atoms with Gasteiger partial charge in [-0.3, -0.25) is 4.79 Å². The van der Waals surface area contributed by atoms with Crippen LogP contribution in [0.15, 0.2) is 41.0 Å². The van der Waals surface area contributed by atoms with E-state index in [9.17, 15) is 18.4 Å².